The lowest BCUT2D eigenvalue weighted by Gasteiger charge is -2.34. The molecule has 0 saturated carbocycles. The smallest absolute Gasteiger partial charge is 0.309 e. The molecule has 2 rings (SSSR count). The number of esters is 1. The van der Waals surface area contributed by atoms with Gasteiger partial charge in [-0.15, -0.1) is 0 Å². The summed E-state index contributed by atoms with van der Waals surface area (Å²) >= 11 is 0. The molecule has 1 aliphatic rings. The van der Waals surface area contributed by atoms with Gasteiger partial charge in [-0.25, -0.2) is 0 Å². The third-order valence-corrected chi connectivity index (χ3v) is 4.33. The summed E-state index contributed by atoms with van der Waals surface area (Å²) in [7, 11) is 0. The van der Waals surface area contributed by atoms with Gasteiger partial charge >= 0.3 is 5.97 Å². The Morgan fingerprint density at radius 3 is 2.57 bits per heavy atom. The van der Waals surface area contributed by atoms with Crippen molar-refractivity contribution in [2.75, 3.05) is 24.6 Å². The topological polar surface area (TPSA) is 53.3 Å². The molecule has 1 heterocycles. The first-order chi connectivity index (χ1) is 10.1. The summed E-state index contributed by atoms with van der Waals surface area (Å²) in [5.41, 5.74) is 4.11. The molecule has 112 valence electrons. The lowest BCUT2D eigenvalue weighted by molar-refractivity contribution is -0.148. The Morgan fingerprint density at radius 2 is 2.00 bits per heavy atom. The van der Waals surface area contributed by atoms with Crippen LogP contribution in [0.15, 0.2) is 12.1 Å². The number of hydrogen-bond donors (Lipinski definition) is 0. The van der Waals surface area contributed by atoms with Gasteiger partial charge in [0.1, 0.15) is 0 Å². The van der Waals surface area contributed by atoms with Gasteiger partial charge in [-0.05, 0) is 56.9 Å². The standard InChI is InChI=1S/C17H22N2O2/c1-4-21-17(20)14-7-9-19(10-8-14)16-6-5-15(11-18)12(2)13(16)3/h5-6,14H,4,7-10H2,1-3H3. The highest BCUT2D eigenvalue weighted by atomic mass is 16.5. The predicted molar refractivity (Wildman–Crippen MR) is 82.2 cm³/mol. The molecule has 1 saturated heterocycles. The Hall–Kier alpha value is -2.02. The van der Waals surface area contributed by atoms with Gasteiger partial charge in [0.05, 0.1) is 24.2 Å². The SMILES string of the molecule is CCOC(=O)C1CCN(c2ccc(C#N)c(C)c2C)CC1. The number of benzene rings is 1. The monoisotopic (exact) mass is 286 g/mol. The van der Waals surface area contributed by atoms with Crippen LogP contribution in [-0.2, 0) is 9.53 Å². The molecule has 1 fully saturated rings. The van der Waals surface area contributed by atoms with Gasteiger partial charge in [0.15, 0.2) is 0 Å². The molecular weight excluding hydrogens is 264 g/mol. The summed E-state index contributed by atoms with van der Waals surface area (Å²) in [5, 5.41) is 9.08. The fourth-order valence-electron chi connectivity index (χ4n) is 2.89. The van der Waals surface area contributed by atoms with Crippen molar-refractivity contribution in [2.24, 2.45) is 5.92 Å². The minimum Gasteiger partial charge on any atom is -0.466 e. The van der Waals surface area contributed by atoms with Crippen molar-refractivity contribution in [3.63, 3.8) is 0 Å². The molecule has 0 unspecified atom stereocenters. The summed E-state index contributed by atoms with van der Waals surface area (Å²) in [6, 6.07) is 6.13. The van der Waals surface area contributed by atoms with Crippen molar-refractivity contribution >= 4 is 11.7 Å². The predicted octanol–water partition coefficient (Wildman–Crippen LogP) is 2.95. The van der Waals surface area contributed by atoms with Crippen molar-refractivity contribution in [1.29, 1.82) is 5.26 Å². The molecular formula is C17H22N2O2. The number of carbonyl (C=O) groups excluding carboxylic acids is 1. The van der Waals surface area contributed by atoms with Crippen LogP contribution in [0, 0.1) is 31.1 Å². The van der Waals surface area contributed by atoms with Crippen molar-refractivity contribution in [3.05, 3.63) is 28.8 Å². The highest BCUT2D eigenvalue weighted by Crippen LogP contribution is 2.29. The largest absolute Gasteiger partial charge is 0.466 e. The molecule has 0 aliphatic carbocycles. The first-order valence-corrected chi connectivity index (χ1v) is 7.50. The normalized spacial score (nSPS) is 15.6. The Labute approximate surface area is 126 Å². The number of piperidine rings is 1. The van der Waals surface area contributed by atoms with Crippen LogP contribution in [0.2, 0.25) is 0 Å². The second kappa shape index (κ2) is 6.62. The third kappa shape index (κ3) is 3.18. The van der Waals surface area contributed by atoms with Crippen molar-refractivity contribution in [1.82, 2.24) is 0 Å². The van der Waals surface area contributed by atoms with Crippen molar-refractivity contribution in [3.8, 4) is 6.07 Å². The third-order valence-electron chi connectivity index (χ3n) is 4.33. The van der Waals surface area contributed by atoms with Crippen LogP contribution >= 0.6 is 0 Å². The highest BCUT2D eigenvalue weighted by Gasteiger charge is 2.26. The molecule has 0 atom stereocenters. The number of anilines is 1. The molecule has 1 aromatic carbocycles. The second-order valence-corrected chi connectivity index (χ2v) is 5.51. The van der Waals surface area contributed by atoms with Gasteiger partial charge in [-0.3, -0.25) is 4.79 Å². The second-order valence-electron chi connectivity index (χ2n) is 5.51. The molecule has 21 heavy (non-hydrogen) atoms. The number of nitriles is 1. The van der Waals surface area contributed by atoms with E-state index in [0.29, 0.717) is 6.61 Å². The molecule has 0 N–H and O–H groups in total. The van der Waals surface area contributed by atoms with E-state index < -0.39 is 0 Å². The molecule has 0 spiro atoms. The van der Waals surface area contributed by atoms with Crippen LogP contribution in [0.25, 0.3) is 0 Å². The van der Waals surface area contributed by atoms with E-state index in [0.717, 1.165) is 42.6 Å². The van der Waals surface area contributed by atoms with E-state index in [1.54, 1.807) is 0 Å². The van der Waals surface area contributed by atoms with E-state index >= 15 is 0 Å². The first-order valence-electron chi connectivity index (χ1n) is 7.50. The van der Waals surface area contributed by atoms with Gasteiger partial charge in [0, 0.05) is 18.8 Å². The zero-order valence-electron chi connectivity index (χ0n) is 13.0. The Bertz CT molecular complexity index is 567. The van der Waals surface area contributed by atoms with Gasteiger partial charge in [-0.2, -0.15) is 5.26 Å². The summed E-state index contributed by atoms with van der Waals surface area (Å²) in [5.74, 6) is -0.0362. The summed E-state index contributed by atoms with van der Waals surface area (Å²) in [6.07, 6.45) is 1.66. The van der Waals surface area contributed by atoms with E-state index in [9.17, 15) is 4.79 Å². The maximum Gasteiger partial charge on any atom is 0.309 e. The van der Waals surface area contributed by atoms with Crippen LogP contribution in [-0.4, -0.2) is 25.7 Å². The van der Waals surface area contributed by atoms with Gasteiger partial charge in [0.2, 0.25) is 0 Å². The number of nitrogens with zero attached hydrogens (tertiary/aromatic N) is 2. The quantitative estimate of drug-likeness (QED) is 0.802. The maximum atomic E-state index is 11.8. The number of hydrogen-bond acceptors (Lipinski definition) is 4. The molecule has 0 amide bonds. The zero-order valence-corrected chi connectivity index (χ0v) is 13.0. The van der Waals surface area contributed by atoms with Crippen LogP contribution in [0.3, 0.4) is 0 Å². The average Bonchev–Trinajstić information content (AvgIpc) is 2.50. The number of carbonyl (C=O) groups is 1. The summed E-state index contributed by atoms with van der Waals surface area (Å²) in [4.78, 5) is 14.1. The zero-order chi connectivity index (χ0) is 15.4. The lowest BCUT2D eigenvalue weighted by Crippen LogP contribution is -2.37. The molecule has 0 bridgehead atoms. The van der Waals surface area contributed by atoms with Gasteiger partial charge < -0.3 is 9.64 Å². The van der Waals surface area contributed by atoms with E-state index in [1.807, 2.05) is 26.0 Å². The molecule has 4 heteroatoms. The Balaban J connectivity index is 2.08. The van der Waals surface area contributed by atoms with Crippen LogP contribution in [0.1, 0.15) is 36.5 Å². The summed E-state index contributed by atoms with van der Waals surface area (Å²) < 4.78 is 5.10. The van der Waals surface area contributed by atoms with E-state index in [-0.39, 0.29) is 11.9 Å². The first kappa shape index (κ1) is 15.4. The minimum absolute atomic E-state index is 0.0287. The highest BCUT2D eigenvalue weighted by molar-refractivity contribution is 5.73. The molecule has 0 aromatic heterocycles. The Morgan fingerprint density at radius 1 is 1.33 bits per heavy atom. The van der Waals surface area contributed by atoms with E-state index in [2.05, 4.69) is 17.9 Å². The summed E-state index contributed by atoms with van der Waals surface area (Å²) in [6.45, 7) is 8.06. The van der Waals surface area contributed by atoms with E-state index in [4.69, 9.17) is 10.00 Å². The van der Waals surface area contributed by atoms with Crippen molar-refractivity contribution in [2.45, 2.75) is 33.6 Å². The van der Waals surface area contributed by atoms with Crippen LogP contribution < -0.4 is 4.90 Å². The molecule has 4 nitrogen and oxygen atoms in total. The average molecular weight is 286 g/mol. The fraction of sp³-hybridized carbons (Fsp3) is 0.529. The number of ether oxygens (including phenoxy) is 1. The fourth-order valence-corrected chi connectivity index (χ4v) is 2.89. The van der Waals surface area contributed by atoms with Crippen LogP contribution in [0.4, 0.5) is 5.69 Å². The van der Waals surface area contributed by atoms with Gasteiger partial charge in [0.25, 0.3) is 0 Å². The van der Waals surface area contributed by atoms with Gasteiger partial charge in [-0.1, -0.05) is 0 Å². The maximum absolute atomic E-state index is 11.8. The van der Waals surface area contributed by atoms with Crippen LogP contribution in [0.5, 0.6) is 0 Å². The van der Waals surface area contributed by atoms with E-state index in [1.165, 1.54) is 5.69 Å². The Kier molecular flexibility index (Phi) is 4.85. The van der Waals surface area contributed by atoms with Crippen molar-refractivity contribution < 1.29 is 9.53 Å². The number of rotatable bonds is 3. The minimum atomic E-state index is -0.0649. The lowest BCUT2D eigenvalue weighted by atomic mass is 9.95. The molecule has 0 radical (unpaired) electrons. The molecule has 1 aliphatic heterocycles. The molecule has 1 aromatic rings.